The lowest BCUT2D eigenvalue weighted by molar-refractivity contribution is -0.148. The van der Waals surface area contributed by atoms with E-state index in [4.69, 9.17) is 9.47 Å². The smallest absolute Gasteiger partial charge is 0.410 e. The zero-order valence-corrected chi connectivity index (χ0v) is 10.2. The molecule has 0 N–H and O–H groups in total. The van der Waals surface area contributed by atoms with Crippen molar-refractivity contribution in [2.45, 2.75) is 51.1 Å². The maximum absolute atomic E-state index is 11.7. The van der Waals surface area contributed by atoms with Crippen LogP contribution in [-0.2, 0) is 14.3 Å². The maximum atomic E-state index is 11.7. The van der Waals surface area contributed by atoms with Gasteiger partial charge >= 0.3 is 12.1 Å². The van der Waals surface area contributed by atoms with Gasteiger partial charge in [0.05, 0.1) is 6.61 Å². The Labute approximate surface area is 101 Å². The molecule has 0 aromatic heterocycles. The van der Waals surface area contributed by atoms with Gasteiger partial charge in [0.1, 0.15) is 6.61 Å². The molecule has 1 saturated heterocycles. The molecule has 0 spiro atoms. The van der Waals surface area contributed by atoms with Crippen LogP contribution in [0.1, 0.15) is 39.0 Å². The van der Waals surface area contributed by atoms with E-state index in [0.29, 0.717) is 6.61 Å². The molecule has 1 aliphatic heterocycles. The molecule has 2 aliphatic rings. The average molecular weight is 241 g/mol. The highest BCUT2D eigenvalue weighted by atomic mass is 16.6. The Morgan fingerprint density at radius 2 is 2.12 bits per heavy atom. The molecule has 0 aromatic rings. The Balaban J connectivity index is 2.05. The van der Waals surface area contributed by atoms with Gasteiger partial charge in [0.2, 0.25) is 0 Å². The van der Waals surface area contributed by atoms with Crippen molar-refractivity contribution in [1.82, 2.24) is 4.90 Å². The van der Waals surface area contributed by atoms with Crippen molar-refractivity contribution in [2.75, 3.05) is 13.2 Å². The number of carbonyl (C=O) groups excluding carboxylic acids is 2. The van der Waals surface area contributed by atoms with E-state index in [9.17, 15) is 9.59 Å². The number of cyclic esters (lactones) is 1. The summed E-state index contributed by atoms with van der Waals surface area (Å²) in [4.78, 5) is 25.0. The lowest BCUT2D eigenvalue weighted by Crippen LogP contribution is -2.47. The van der Waals surface area contributed by atoms with Gasteiger partial charge in [-0.25, -0.2) is 9.59 Å². The first-order valence-corrected chi connectivity index (χ1v) is 6.35. The molecule has 1 atom stereocenters. The molecule has 0 unspecified atom stereocenters. The molecule has 0 aromatic carbocycles. The first-order valence-electron chi connectivity index (χ1n) is 6.35. The van der Waals surface area contributed by atoms with Crippen LogP contribution in [0.5, 0.6) is 0 Å². The van der Waals surface area contributed by atoms with Gasteiger partial charge in [0.25, 0.3) is 0 Å². The van der Waals surface area contributed by atoms with E-state index in [-0.39, 0.29) is 24.7 Å². The highest BCUT2D eigenvalue weighted by Gasteiger charge is 2.43. The highest BCUT2D eigenvalue weighted by Crippen LogP contribution is 2.28. The Hall–Kier alpha value is -1.26. The maximum Gasteiger partial charge on any atom is 0.410 e. The second kappa shape index (κ2) is 5.38. The molecule has 5 heteroatoms. The number of nitrogens with zero attached hydrogens (tertiary/aromatic N) is 1. The third-order valence-electron chi connectivity index (χ3n) is 3.44. The van der Waals surface area contributed by atoms with Crippen LogP contribution in [0, 0.1) is 0 Å². The quantitative estimate of drug-likeness (QED) is 0.706. The van der Waals surface area contributed by atoms with Crippen LogP contribution in [0.4, 0.5) is 4.79 Å². The fraction of sp³-hybridized carbons (Fsp3) is 0.833. The van der Waals surface area contributed by atoms with E-state index in [2.05, 4.69) is 0 Å². The van der Waals surface area contributed by atoms with E-state index in [1.807, 2.05) is 0 Å². The summed E-state index contributed by atoms with van der Waals surface area (Å²) >= 11 is 0. The summed E-state index contributed by atoms with van der Waals surface area (Å²) in [5.41, 5.74) is 0. The van der Waals surface area contributed by atoms with Crippen LogP contribution in [0.15, 0.2) is 0 Å². The fourth-order valence-corrected chi connectivity index (χ4v) is 2.62. The van der Waals surface area contributed by atoms with E-state index < -0.39 is 6.04 Å². The number of amides is 1. The van der Waals surface area contributed by atoms with E-state index in [1.165, 1.54) is 6.42 Å². The summed E-state index contributed by atoms with van der Waals surface area (Å²) in [6, 6.07) is -0.390. The van der Waals surface area contributed by atoms with Gasteiger partial charge in [-0.05, 0) is 19.8 Å². The van der Waals surface area contributed by atoms with E-state index >= 15 is 0 Å². The zero-order chi connectivity index (χ0) is 12.3. The first kappa shape index (κ1) is 12.2. The van der Waals surface area contributed by atoms with Gasteiger partial charge in [-0.1, -0.05) is 19.3 Å². The number of hydrogen-bond acceptors (Lipinski definition) is 4. The summed E-state index contributed by atoms with van der Waals surface area (Å²) in [7, 11) is 0. The molecule has 1 saturated carbocycles. The van der Waals surface area contributed by atoms with Gasteiger partial charge in [-0.2, -0.15) is 0 Å². The molecule has 2 fully saturated rings. The number of rotatable bonds is 3. The molecule has 1 amide bonds. The topological polar surface area (TPSA) is 55.8 Å². The molecule has 2 rings (SSSR count). The van der Waals surface area contributed by atoms with Crippen LogP contribution < -0.4 is 0 Å². The third kappa shape index (κ3) is 2.53. The van der Waals surface area contributed by atoms with Crippen molar-refractivity contribution in [3.8, 4) is 0 Å². The monoisotopic (exact) mass is 241 g/mol. The Morgan fingerprint density at radius 1 is 1.41 bits per heavy atom. The number of carbonyl (C=O) groups is 2. The normalized spacial score (nSPS) is 25.8. The fourth-order valence-electron chi connectivity index (χ4n) is 2.62. The van der Waals surface area contributed by atoms with Crippen LogP contribution >= 0.6 is 0 Å². The highest BCUT2D eigenvalue weighted by molar-refractivity contribution is 5.84. The summed E-state index contributed by atoms with van der Waals surface area (Å²) in [5.74, 6) is -0.344. The van der Waals surface area contributed by atoms with Gasteiger partial charge in [-0.15, -0.1) is 0 Å². The standard InChI is InChI=1S/C12H19NO4/c1-2-16-11(14)10-8-17-12(15)13(10)9-6-4-3-5-7-9/h9-10H,2-8H2,1H3/t10-/m0/s1. The second-order valence-corrected chi connectivity index (χ2v) is 4.54. The Kier molecular flexibility index (Phi) is 3.86. The predicted molar refractivity (Wildman–Crippen MR) is 60.5 cm³/mol. The summed E-state index contributed by atoms with van der Waals surface area (Å²) < 4.78 is 9.97. The Morgan fingerprint density at radius 3 is 2.76 bits per heavy atom. The third-order valence-corrected chi connectivity index (χ3v) is 3.44. The zero-order valence-electron chi connectivity index (χ0n) is 10.2. The molecular formula is C12H19NO4. The van der Waals surface area contributed by atoms with Gasteiger partial charge in [0, 0.05) is 6.04 Å². The number of esters is 1. The van der Waals surface area contributed by atoms with Crippen molar-refractivity contribution in [1.29, 1.82) is 0 Å². The molecule has 0 bridgehead atoms. The van der Waals surface area contributed by atoms with E-state index in [1.54, 1.807) is 11.8 Å². The first-order chi connectivity index (χ1) is 8.24. The minimum atomic E-state index is -0.537. The SMILES string of the molecule is CCOC(=O)[C@@H]1COC(=O)N1C1CCCCC1. The van der Waals surface area contributed by atoms with Crippen LogP contribution in [0.2, 0.25) is 0 Å². The number of hydrogen-bond donors (Lipinski definition) is 0. The molecule has 0 radical (unpaired) electrons. The minimum Gasteiger partial charge on any atom is -0.464 e. The van der Waals surface area contributed by atoms with Gasteiger partial charge in [0.15, 0.2) is 6.04 Å². The predicted octanol–water partition coefficient (Wildman–Crippen LogP) is 1.70. The molecule has 96 valence electrons. The van der Waals surface area contributed by atoms with Crippen molar-refractivity contribution in [3.05, 3.63) is 0 Å². The summed E-state index contributed by atoms with van der Waals surface area (Å²) in [6.07, 6.45) is 5.00. The van der Waals surface area contributed by atoms with Crippen molar-refractivity contribution in [2.24, 2.45) is 0 Å². The van der Waals surface area contributed by atoms with Crippen molar-refractivity contribution in [3.63, 3.8) is 0 Å². The van der Waals surface area contributed by atoms with E-state index in [0.717, 1.165) is 25.7 Å². The second-order valence-electron chi connectivity index (χ2n) is 4.54. The average Bonchev–Trinajstić information content (AvgIpc) is 2.73. The summed E-state index contributed by atoms with van der Waals surface area (Å²) in [5, 5.41) is 0. The van der Waals surface area contributed by atoms with Gasteiger partial charge in [-0.3, -0.25) is 4.90 Å². The van der Waals surface area contributed by atoms with Crippen LogP contribution in [-0.4, -0.2) is 42.3 Å². The summed E-state index contributed by atoms with van der Waals surface area (Å²) in [6.45, 7) is 2.23. The van der Waals surface area contributed by atoms with Crippen LogP contribution in [0.25, 0.3) is 0 Å². The van der Waals surface area contributed by atoms with Crippen molar-refractivity contribution >= 4 is 12.1 Å². The Bertz CT molecular complexity index is 299. The molecule has 1 aliphatic carbocycles. The molecule has 5 nitrogen and oxygen atoms in total. The van der Waals surface area contributed by atoms with Crippen molar-refractivity contribution < 1.29 is 19.1 Å². The largest absolute Gasteiger partial charge is 0.464 e. The molecular weight excluding hydrogens is 222 g/mol. The minimum absolute atomic E-state index is 0.133. The molecule has 17 heavy (non-hydrogen) atoms. The lowest BCUT2D eigenvalue weighted by atomic mass is 9.93. The molecule has 1 heterocycles. The lowest BCUT2D eigenvalue weighted by Gasteiger charge is -2.32. The van der Waals surface area contributed by atoms with Gasteiger partial charge < -0.3 is 9.47 Å². The number of ether oxygens (including phenoxy) is 2. The van der Waals surface area contributed by atoms with Crippen LogP contribution in [0.3, 0.4) is 0 Å².